The van der Waals surface area contributed by atoms with Gasteiger partial charge >= 0.3 is 5.97 Å². The molecular formula is C17H21NO3. The number of aryl methyl sites for hydroxylation is 1. The van der Waals surface area contributed by atoms with Crippen LogP contribution >= 0.6 is 0 Å². The summed E-state index contributed by atoms with van der Waals surface area (Å²) in [6.45, 7) is 4.75. The van der Waals surface area contributed by atoms with Crippen LogP contribution in [0.5, 0.6) is 5.75 Å². The third kappa shape index (κ3) is 3.94. The van der Waals surface area contributed by atoms with E-state index in [2.05, 4.69) is 11.9 Å². The molecule has 2 rings (SSSR count). The lowest BCUT2D eigenvalue weighted by Crippen LogP contribution is -2.06. The van der Waals surface area contributed by atoms with E-state index >= 15 is 0 Å². The summed E-state index contributed by atoms with van der Waals surface area (Å²) in [5, 5.41) is 0.944. The Morgan fingerprint density at radius 2 is 2.10 bits per heavy atom. The fraction of sp³-hybridized carbons (Fsp3) is 0.412. The van der Waals surface area contributed by atoms with Crippen molar-refractivity contribution in [3.63, 3.8) is 0 Å². The van der Waals surface area contributed by atoms with Crippen LogP contribution in [0.2, 0.25) is 0 Å². The van der Waals surface area contributed by atoms with E-state index in [1.54, 1.807) is 0 Å². The van der Waals surface area contributed by atoms with Crippen molar-refractivity contribution in [1.29, 1.82) is 0 Å². The van der Waals surface area contributed by atoms with Crippen LogP contribution < -0.4 is 4.74 Å². The Labute approximate surface area is 125 Å². The van der Waals surface area contributed by atoms with Gasteiger partial charge in [-0.15, -0.1) is 0 Å². The Kier molecular flexibility index (Phi) is 5.14. The molecule has 0 saturated carbocycles. The van der Waals surface area contributed by atoms with Gasteiger partial charge < -0.3 is 9.47 Å². The van der Waals surface area contributed by atoms with E-state index in [9.17, 15) is 4.79 Å². The van der Waals surface area contributed by atoms with Gasteiger partial charge in [0, 0.05) is 11.1 Å². The Morgan fingerprint density at radius 3 is 2.81 bits per heavy atom. The summed E-state index contributed by atoms with van der Waals surface area (Å²) in [6.07, 6.45) is 2.37. The zero-order valence-electron chi connectivity index (χ0n) is 12.8. The topological polar surface area (TPSA) is 48.4 Å². The van der Waals surface area contributed by atoms with Gasteiger partial charge in [-0.3, -0.25) is 9.78 Å². The third-order valence-corrected chi connectivity index (χ3v) is 3.32. The van der Waals surface area contributed by atoms with Crippen LogP contribution in [-0.2, 0) is 16.0 Å². The fourth-order valence-corrected chi connectivity index (χ4v) is 2.22. The molecule has 21 heavy (non-hydrogen) atoms. The Morgan fingerprint density at radius 1 is 1.29 bits per heavy atom. The molecule has 0 saturated heterocycles. The first-order valence-corrected chi connectivity index (χ1v) is 7.24. The van der Waals surface area contributed by atoms with E-state index in [1.807, 2.05) is 31.2 Å². The van der Waals surface area contributed by atoms with Crippen molar-refractivity contribution in [2.45, 2.75) is 33.1 Å². The maximum absolute atomic E-state index is 11.6. The Bertz CT molecular complexity index is 637. The number of methoxy groups -OCH3 is 1. The van der Waals surface area contributed by atoms with Gasteiger partial charge in [0.2, 0.25) is 0 Å². The summed E-state index contributed by atoms with van der Waals surface area (Å²) in [5.41, 5.74) is 2.68. The second kappa shape index (κ2) is 7.07. The van der Waals surface area contributed by atoms with E-state index in [4.69, 9.17) is 9.47 Å². The fourth-order valence-electron chi connectivity index (χ4n) is 2.22. The van der Waals surface area contributed by atoms with Gasteiger partial charge in [0.05, 0.1) is 25.7 Å². The lowest BCUT2D eigenvalue weighted by molar-refractivity contribution is -0.139. The highest BCUT2D eigenvalue weighted by molar-refractivity contribution is 5.87. The van der Waals surface area contributed by atoms with Crippen molar-refractivity contribution in [1.82, 2.24) is 4.98 Å². The number of ether oxygens (including phenoxy) is 2. The van der Waals surface area contributed by atoms with Crippen LogP contribution in [0.4, 0.5) is 0 Å². The maximum atomic E-state index is 11.6. The maximum Gasteiger partial charge on any atom is 0.310 e. The van der Waals surface area contributed by atoms with E-state index in [1.165, 1.54) is 7.11 Å². The predicted molar refractivity (Wildman–Crippen MR) is 82.6 cm³/mol. The molecular weight excluding hydrogens is 266 g/mol. The predicted octanol–water partition coefficient (Wildman–Crippen LogP) is 3.44. The van der Waals surface area contributed by atoms with Gasteiger partial charge in [0.25, 0.3) is 0 Å². The molecule has 1 heterocycles. The molecule has 4 nitrogen and oxygen atoms in total. The first-order valence-electron chi connectivity index (χ1n) is 7.24. The molecule has 0 spiro atoms. The standard InChI is InChI=1S/C17H21NO3/c1-4-5-8-21-14-6-7-16-15(11-14)13(9-12(2)18-16)10-17(19)20-3/h6-7,9,11H,4-5,8,10H2,1-3H3. The Hall–Kier alpha value is -2.10. The minimum absolute atomic E-state index is 0.245. The number of hydrogen-bond acceptors (Lipinski definition) is 4. The van der Waals surface area contributed by atoms with Crippen molar-refractivity contribution < 1.29 is 14.3 Å². The normalized spacial score (nSPS) is 10.6. The van der Waals surface area contributed by atoms with Crippen LogP contribution in [0.1, 0.15) is 31.0 Å². The van der Waals surface area contributed by atoms with E-state index < -0.39 is 0 Å². The number of pyridine rings is 1. The second-order valence-corrected chi connectivity index (χ2v) is 5.06. The Balaban J connectivity index is 2.35. The smallest absolute Gasteiger partial charge is 0.310 e. The monoisotopic (exact) mass is 287 g/mol. The summed E-state index contributed by atoms with van der Waals surface area (Å²) in [6, 6.07) is 7.74. The number of rotatable bonds is 6. The highest BCUT2D eigenvalue weighted by atomic mass is 16.5. The number of nitrogens with zero attached hydrogens (tertiary/aromatic N) is 1. The van der Waals surface area contributed by atoms with Crippen molar-refractivity contribution >= 4 is 16.9 Å². The molecule has 112 valence electrons. The van der Waals surface area contributed by atoms with E-state index in [0.29, 0.717) is 6.61 Å². The van der Waals surface area contributed by atoms with Crippen LogP contribution in [-0.4, -0.2) is 24.7 Å². The van der Waals surface area contributed by atoms with Crippen LogP contribution in [0.3, 0.4) is 0 Å². The lowest BCUT2D eigenvalue weighted by Gasteiger charge is -2.10. The first kappa shape index (κ1) is 15.3. The van der Waals surface area contributed by atoms with Gasteiger partial charge in [-0.1, -0.05) is 13.3 Å². The van der Waals surface area contributed by atoms with Crippen molar-refractivity contribution in [3.8, 4) is 5.75 Å². The average Bonchev–Trinajstić information content (AvgIpc) is 2.47. The number of carbonyl (C=O) groups is 1. The van der Waals surface area contributed by atoms with Crippen molar-refractivity contribution in [2.75, 3.05) is 13.7 Å². The number of carbonyl (C=O) groups excluding carboxylic acids is 1. The number of esters is 1. The van der Waals surface area contributed by atoms with E-state index in [-0.39, 0.29) is 12.4 Å². The van der Waals surface area contributed by atoms with Gasteiger partial charge in [-0.2, -0.15) is 0 Å². The SMILES string of the molecule is CCCCOc1ccc2nc(C)cc(CC(=O)OC)c2c1. The van der Waals surface area contributed by atoms with Gasteiger partial charge in [0.1, 0.15) is 5.75 Å². The second-order valence-electron chi connectivity index (χ2n) is 5.06. The molecule has 2 aromatic rings. The van der Waals surface area contributed by atoms with Gasteiger partial charge in [-0.25, -0.2) is 0 Å². The van der Waals surface area contributed by atoms with Crippen LogP contribution in [0, 0.1) is 6.92 Å². The molecule has 0 radical (unpaired) electrons. The summed E-state index contributed by atoms with van der Waals surface area (Å²) in [5.74, 6) is 0.562. The lowest BCUT2D eigenvalue weighted by atomic mass is 10.0. The molecule has 0 amide bonds. The minimum Gasteiger partial charge on any atom is -0.494 e. The number of unbranched alkanes of at least 4 members (excludes halogenated alkanes) is 1. The molecule has 0 fully saturated rings. The number of benzene rings is 1. The summed E-state index contributed by atoms with van der Waals surface area (Å²) < 4.78 is 10.5. The molecule has 0 atom stereocenters. The molecule has 0 aliphatic carbocycles. The molecule has 0 unspecified atom stereocenters. The quantitative estimate of drug-likeness (QED) is 0.603. The number of aromatic nitrogens is 1. The third-order valence-electron chi connectivity index (χ3n) is 3.32. The molecule has 0 N–H and O–H groups in total. The molecule has 1 aromatic carbocycles. The van der Waals surface area contributed by atoms with E-state index in [0.717, 1.165) is 40.8 Å². The summed E-state index contributed by atoms with van der Waals surface area (Å²) in [7, 11) is 1.40. The van der Waals surface area contributed by atoms with Crippen LogP contribution in [0.15, 0.2) is 24.3 Å². The van der Waals surface area contributed by atoms with Crippen molar-refractivity contribution in [3.05, 3.63) is 35.5 Å². The van der Waals surface area contributed by atoms with Crippen molar-refractivity contribution in [2.24, 2.45) is 0 Å². The van der Waals surface area contributed by atoms with Gasteiger partial charge in [-0.05, 0) is 43.2 Å². The largest absolute Gasteiger partial charge is 0.494 e. The zero-order chi connectivity index (χ0) is 15.2. The van der Waals surface area contributed by atoms with Crippen LogP contribution in [0.25, 0.3) is 10.9 Å². The number of fused-ring (bicyclic) bond motifs is 1. The molecule has 0 bridgehead atoms. The molecule has 1 aromatic heterocycles. The summed E-state index contributed by atoms with van der Waals surface area (Å²) >= 11 is 0. The zero-order valence-corrected chi connectivity index (χ0v) is 12.8. The highest BCUT2D eigenvalue weighted by Crippen LogP contribution is 2.24. The molecule has 0 aliphatic rings. The summed E-state index contributed by atoms with van der Waals surface area (Å²) in [4.78, 5) is 16.1. The minimum atomic E-state index is -0.251. The molecule has 4 heteroatoms. The first-order chi connectivity index (χ1) is 10.1. The van der Waals surface area contributed by atoms with Gasteiger partial charge in [0.15, 0.2) is 0 Å². The average molecular weight is 287 g/mol. The molecule has 0 aliphatic heterocycles. The highest BCUT2D eigenvalue weighted by Gasteiger charge is 2.10. The number of hydrogen-bond donors (Lipinski definition) is 0.